The highest BCUT2D eigenvalue weighted by Gasteiger charge is 1.98. The fraction of sp³-hybridized carbons (Fsp3) is 0.429. The van der Waals surface area contributed by atoms with Gasteiger partial charge in [0.15, 0.2) is 0 Å². The molecular formula is C14H20O4. The van der Waals surface area contributed by atoms with Crippen molar-refractivity contribution in [2.24, 2.45) is 0 Å². The second-order valence-electron chi connectivity index (χ2n) is 3.35. The quantitative estimate of drug-likeness (QED) is 0.378. The van der Waals surface area contributed by atoms with E-state index in [1.54, 1.807) is 12.2 Å². The van der Waals surface area contributed by atoms with Gasteiger partial charge >= 0.3 is 11.9 Å². The van der Waals surface area contributed by atoms with Gasteiger partial charge < -0.3 is 9.47 Å². The molecule has 0 aliphatic heterocycles. The number of carbonyl (C=O) groups is 2. The Morgan fingerprint density at radius 3 is 1.50 bits per heavy atom. The second-order valence-corrected chi connectivity index (χ2v) is 3.35. The molecule has 18 heavy (non-hydrogen) atoms. The molecule has 0 bridgehead atoms. The van der Waals surface area contributed by atoms with Crippen LogP contribution < -0.4 is 0 Å². The molecule has 0 aliphatic rings. The number of ether oxygens (including phenoxy) is 2. The van der Waals surface area contributed by atoms with Crippen molar-refractivity contribution in [3.63, 3.8) is 0 Å². The molecule has 0 N–H and O–H groups in total. The van der Waals surface area contributed by atoms with E-state index in [1.807, 2.05) is 26.0 Å². The highest BCUT2D eigenvalue weighted by Crippen LogP contribution is 1.88. The third-order valence-corrected chi connectivity index (χ3v) is 1.80. The van der Waals surface area contributed by atoms with E-state index in [1.165, 1.54) is 0 Å². The number of allylic oxidation sites excluding steroid dienone is 2. The van der Waals surface area contributed by atoms with Crippen molar-refractivity contribution in [1.29, 1.82) is 0 Å². The van der Waals surface area contributed by atoms with E-state index >= 15 is 0 Å². The fourth-order valence-corrected chi connectivity index (χ4v) is 0.962. The van der Waals surface area contributed by atoms with E-state index < -0.39 is 11.9 Å². The Hall–Kier alpha value is -1.84. The van der Waals surface area contributed by atoms with Crippen molar-refractivity contribution < 1.29 is 19.1 Å². The first-order valence-electron chi connectivity index (χ1n) is 6.02. The minimum Gasteiger partial charge on any atom is -0.458 e. The Bertz CT molecular complexity index is 295. The van der Waals surface area contributed by atoms with Crippen LogP contribution in [0.15, 0.2) is 36.5 Å². The predicted octanol–water partition coefficient (Wildman–Crippen LogP) is 2.56. The summed E-state index contributed by atoms with van der Waals surface area (Å²) in [7, 11) is 0. The largest absolute Gasteiger partial charge is 0.458 e. The van der Waals surface area contributed by atoms with Crippen molar-refractivity contribution in [2.75, 3.05) is 13.2 Å². The van der Waals surface area contributed by atoms with E-state index in [0.717, 1.165) is 25.0 Å². The summed E-state index contributed by atoms with van der Waals surface area (Å²) in [6.45, 7) is 4.40. The minimum atomic E-state index is -0.559. The standard InChI is InChI=1S/C14H20O4/c1-3-5-7-11-17-13(15)9-10-14(16)18-12-8-6-4-2/h5-10H,3-4,11-12H2,1-2H3/b7-5+,8-6+,10-9-. The monoisotopic (exact) mass is 252 g/mol. The number of carbonyl (C=O) groups excluding carboxylic acids is 2. The van der Waals surface area contributed by atoms with E-state index in [9.17, 15) is 9.59 Å². The van der Waals surface area contributed by atoms with Gasteiger partial charge in [0.2, 0.25) is 0 Å². The maximum Gasteiger partial charge on any atom is 0.331 e. The summed E-state index contributed by atoms with van der Waals surface area (Å²) in [6, 6.07) is 0. The fourth-order valence-electron chi connectivity index (χ4n) is 0.962. The molecule has 4 heteroatoms. The van der Waals surface area contributed by atoms with Gasteiger partial charge in [-0.05, 0) is 12.8 Å². The smallest absolute Gasteiger partial charge is 0.331 e. The molecule has 0 spiro atoms. The Kier molecular flexibility index (Phi) is 10.4. The highest BCUT2D eigenvalue weighted by atomic mass is 16.5. The van der Waals surface area contributed by atoms with E-state index in [2.05, 4.69) is 0 Å². The molecule has 0 aromatic heterocycles. The predicted molar refractivity (Wildman–Crippen MR) is 69.9 cm³/mol. The summed E-state index contributed by atoms with van der Waals surface area (Å²) in [6.07, 6.45) is 11.2. The van der Waals surface area contributed by atoms with Gasteiger partial charge in [-0.25, -0.2) is 9.59 Å². The molecule has 0 aromatic rings. The zero-order valence-electron chi connectivity index (χ0n) is 10.9. The third-order valence-electron chi connectivity index (χ3n) is 1.80. The van der Waals surface area contributed by atoms with Gasteiger partial charge in [-0.1, -0.05) is 38.2 Å². The van der Waals surface area contributed by atoms with Gasteiger partial charge in [0.1, 0.15) is 13.2 Å². The van der Waals surface area contributed by atoms with Gasteiger partial charge in [0, 0.05) is 12.2 Å². The lowest BCUT2D eigenvalue weighted by atomic mass is 10.4. The molecule has 0 rings (SSSR count). The maximum atomic E-state index is 11.1. The minimum absolute atomic E-state index is 0.214. The van der Waals surface area contributed by atoms with Crippen LogP contribution in [0, 0.1) is 0 Å². The normalized spacial score (nSPS) is 11.4. The SMILES string of the molecule is CC/C=C/COC(=O)/C=C\C(=O)OC/C=C/CC. The van der Waals surface area contributed by atoms with Crippen LogP contribution in [0.4, 0.5) is 0 Å². The Morgan fingerprint density at radius 2 is 1.17 bits per heavy atom. The summed E-state index contributed by atoms with van der Waals surface area (Å²) < 4.78 is 9.61. The number of esters is 2. The molecule has 0 saturated carbocycles. The zero-order chi connectivity index (χ0) is 13.6. The van der Waals surface area contributed by atoms with Crippen LogP contribution >= 0.6 is 0 Å². The summed E-state index contributed by atoms with van der Waals surface area (Å²) in [5.74, 6) is -1.12. The molecule has 0 amide bonds. The molecule has 0 radical (unpaired) electrons. The first kappa shape index (κ1) is 16.2. The number of hydrogen-bond donors (Lipinski definition) is 0. The van der Waals surface area contributed by atoms with Gasteiger partial charge in [-0.3, -0.25) is 0 Å². The lowest BCUT2D eigenvalue weighted by Crippen LogP contribution is -2.04. The van der Waals surface area contributed by atoms with Crippen LogP contribution in [0.5, 0.6) is 0 Å². The summed E-state index contributed by atoms with van der Waals surface area (Å²) in [5.41, 5.74) is 0. The summed E-state index contributed by atoms with van der Waals surface area (Å²) in [5, 5.41) is 0. The van der Waals surface area contributed by atoms with E-state index in [-0.39, 0.29) is 13.2 Å². The van der Waals surface area contributed by atoms with Crippen molar-refractivity contribution in [3.8, 4) is 0 Å². The third kappa shape index (κ3) is 10.7. The van der Waals surface area contributed by atoms with Crippen molar-refractivity contribution in [2.45, 2.75) is 26.7 Å². The molecule has 0 aromatic carbocycles. The Morgan fingerprint density at radius 1 is 0.778 bits per heavy atom. The van der Waals surface area contributed by atoms with Gasteiger partial charge in [-0.2, -0.15) is 0 Å². The summed E-state index contributed by atoms with van der Waals surface area (Å²) >= 11 is 0. The maximum absolute atomic E-state index is 11.1. The number of hydrogen-bond acceptors (Lipinski definition) is 4. The molecular weight excluding hydrogens is 232 g/mol. The molecule has 4 nitrogen and oxygen atoms in total. The lowest BCUT2D eigenvalue weighted by Gasteiger charge is -1.97. The van der Waals surface area contributed by atoms with Gasteiger partial charge in [-0.15, -0.1) is 0 Å². The van der Waals surface area contributed by atoms with Gasteiger partial charge in [0.25, 0.3) is 0 Å². The topological polar surface area (TPSA) is 52.6 Å². The molecule has 0 aliphatic carbocycles. The molecule has 100 valence electrons. The van der Waals surface area contributed by atoms with E-state index in [4.69, 9.17) is 9.47 Å². The lowest BCUT2D eigenvalue weighted by molar-refractivity contribution is -0.139. The van der Waals surface area contributed by atoms with Crippen LogP contribution in [0.2, 0.25) is 0 Å². The first-order valence-corrected chi connectivity index (χ1v) is 6.02. The van der Waals surface area contributed by atoms with Crippen LogP contribution in [0.25, 0.3) is 0 Å². The zero-order valence-corrected chi connectivity index (χ0v) is 10.9. The molecule has 0 saturated heterocycles. The Labute approximate surface area is 108 Å². The van der Waals surface area contributed by atoms with Gasteiger partial charge in [0.05, 0.1) is 0 Å². The van der Waals surface area contributed by atoms with Crippen molar-refractivity contribution in [3.05, 3.63) is 36.5 Å². The Balaban J connectivity index is 3.77. The number of rotatable bonds is 8. The van der Waals surface area contributed by atoms with Crippen LogP contribution in [-0.4, -0.2) is 25.2 Å². The van der Waals surface area contributed by atoms with Crippen LogP contribution in [-0.2, 0) is 19.1 Å². The molecule has 0 atom stereocenters. The van der Waals surface area contributed by atoms with E-state index in [0.29, 0.717) is 0 Å². The average Bonchev–Trinajstić information content (AvgIpc) is 2.37. The summed E-state index contributed by atoms with van der Waals surface area (Å²) in [4.78, 5) is 22.2. The van der Waals surface area contributed by atoms with Crippen molar-refractivity contribution >= 4 is 11.9 Å². The average molecular weight is 252 g/mol. The first-order chi connectivity index (χ1) is 8.70. The van der Waals surface area contributed by atoms with Crippen LogP contribution in [0.3, 0.4) is 0 Å². The van der Waals surface area contributed by atoms with Crippen LogP contribution in [0.1, 0.15) is 26.7 Å². The molecule has 0 fully saturated rings. The second kappa shape index (κ2) is 11.6. The molecule has 0 unspecified atom stereocenters. The highest BCUT2D eigenvalue weighted by molar-refractivity contribution is 5.91. The molecule has 0 heterocycles. The van der Waals surface area contributed by atoms with Crippen molar-refractivity contribution in [1.82, 2.24) is 0 Å².